The number of nitrogens with zero attached hydrogens (tertiary/aromatic N) is 2. The highest BCUT2D eigenvalue weighted by atomic mass is 19.3. The molecular formula is C9H6F2N2O3. The normalized spacial score (nSPS) is 10.1. The second kappa shape index (κ2) is 4.53. The van der Waals surface area contributed by atoms with Gasteiger partial charge in [0.2, 0.25) is 0 Å². The van der Waals surface area contributed by atoms with Gasteiger partial charge in [0.25, 0.3) is 6.43 Å². The Balaban J connectivity index is 3.30. The number of nitriles is 1. The molecule has 0 fully saturated rings. The van der Waals surface area contributed by atoms with Gasteiger partial charge in [-0.15, -0.1) is 0 Å². The maximum absolute atomic E-state index is 12.3. The van der Waals surface area contributed by atoms with Crippen LogP contribution in [0.1, 0.15) is 23.4 Å². The van der Waals surface area contributed by atoms with Crippen LogP contribution in [0.2, 0.25) is 0 Å². The summed E-state index contributed by atoms with van der Waals surface area (Å²) in [5.41, 5.74) is -1.44. The molecule has 16 heavy (non-hydrogen) atoms. The Bertz CT molecular complexity index is 469. The molecule has 1 heterocycles. The molecule has 7 heteroatoms. The van der Waals surface area contributed by atoms with Crippen molar-refractivity contribution in [2.45, 2.75) is 12.8 Å². The Morgan fingerprint density at radius 2 is 2.25 bits per heavy atom. The number of aromatic nitrogens is 1. The molecule has 1 aromatic rings. The van der Waals surface area contributed by atoms with Gasteiger partial charge in [-0.25, -0.2) is 13.8 Å². The molecule has 0 atom stereocenters. The van der Waals surface area contributed by atoms with Crippen molar-refractivity contribution in [3.05, 3.63) is 23.0 Å². The fourth-order valence-corrected chi connectivity index (χ4v) is 1.09. The Kier molecular flexibility index (Phi) is 3.35. The maximum Gasteiger partial charge on any atom is 0.309 e. The van der Waals surface area contributed by atoms with Gasteiger partial charge in [0.15, 0.2) is 0 Å². The molecule has 0 aliphatic heterocycles. The highest BCUT2D eigenvalue weighted by Crippen LogP contribution is 2.28. The van der Waals surface area contributed by atoms with Crippen molar-refractivity contribution in [1.82, 2.24) is 4.98 Å². The van der Waals surface area contributed by atoms with Crippen LogP contribution >= 0.6 is 0 Å². The van der Waals surface area contributed by atoms with Crippen LogP contribution in [0, 0.1) is 11.3 Å². The molecule has 0 amide bonds. The van der Waals surface area contributed by atoms with E-state index in [0.717, 1.165) is 6.07 Å². The van der Waals surface area contributed by atoms with Crippen LogP contribution in [-0.4, -0.2) is 21.2 Å². The molecule has 0 radical (unpaired) electrons. The van der Waals surface area contributed by atoms with Crippen LogP contribution in [0.3, 0.4) is 0 Å². The number of carboxylic acids is 1. The van der Waals surface area contributed by atoms with Crippen molar-refractivity contribution in [2.24, 2.45) is 0 Å². The van der Waals surface area contributed by atoms with E-state index in [0.29, 0.717) is 0 Å². The Hall–Kier alpha value is -2.23. The lowest BCUT2D eigenvalue weighted by Gasteiger charge is -2.06. The number of aromatic hydroxyl groups is 1. The van der Waals surface area contributed by atoms with E-state index in [2.05, 4.69) is 4.98 Å². The summed E-state index contributed by atoms with van der Waals surface area (Å²) in [5.74, 6) is -2.12. The number of alkyl halides is 2. The first-order valence-electron chi connectivity index (χ1n) is 4.08. The number of rotatable bonds is 3. The van der Waals surface area contributed by atoms with Crippen molar-refractivity contribution >= 4 is 5.97 Å². The lowest BCUT2D eigenvalue weighted by Crippen LogP contribution is -2.07. The average molecular weight is 228 g/mol. The van der Waals surface area contributed by atoms with Gasteiger partial charge in [0.1, 0.15) is 17.5 Å². The quantitative estimate of drug-likeness (QED) is 0.811. The summed E-state index contributed by atoms with van der Waals surface area (Å²) in [4.78, 5) is 13.7. The van der Waals surface area contributed by atoms with Crippen LogP contribution in [0.15, 0.2) is 6.07 Å². The Labute approximate surface area is 88.6 Å². The summed E-state index contributed by atoms with van der Waals surface area (Å²) in [5, 5.41) is 26.2. The lowest BCUT2D eigenvalue weighted by atomic mass is 10.1. The van der Waals surface area contributed by atoms with E-state index in [4.69, 9.17) is 15.5 Å². The second-order valence-corrected chi connectivity index (χ2v) is 2.87. The zero-order chi connectivity index (χ0) is 12.3. The molecule has 0 aliphatic carbocycles. The first kappa shape index (κ1) is 11.8. The third-order valence-electron chi connectivity index (χ3n) is 1.76. The standard InChI is InChI=1S/C9H6F2N2O3/c10-9(11)8-6(14)1-4(3-12)5(13-8)2-7(15)16/h1,9,14H,2H2,(H,15,16). The number of halogens is 2. The minimum atomic E-state index is -3.03. The number of carbonyl (C=O) groups is 1. The molecule has 0 saturated carbocycles. The molecule has 0 spiro atoms. The largest absolute Gasteiger partial charge is 0.506 e. The van der Waals surface area contributed by atoms with Gasteiger partial charge in [-0.2, -0.15) is 5.26 Å². The maximum atomic E-state index is 12.3. The summed E-state index contributed by atoms with van der Waals surface area (Å²) in [6, 6.07) is 2.36. The van der Waals surface area contributed by atoms with E-state index < -0.39 is 30.3 Å². The zero-order valence-electron chi connectivity index (χ0n) is 7.81. The molecule has 0 aliphatic rings. The highest BCUT2D eigenvalue weighted by molar-refractivity contribution is 5.70. The van der Waals surface area contributed by atoms with Crippen LogP contribution < -0.4 is 0 Å². The van der Waals surface area contributed by atoms with Crippen molar-refractivity contribution < 1.29 is 23.8 Å². The smallest absolute Gasteiger partial charge is 0.309 e. The van der Waals surface area contributed by atoms with Crippen molar-refractivity contribution in [1.29, 1.82) is 5.26 Å². The fraction of sp³-hybridized carbons (Fsp3) is 0.222. The summed E-state index contributed by atoms with van der Waals surface area (Å²) in [7, 11) is 0. The first-order chi connectivity index (χ1) is 7.45. The fourth-order valence-electron chi connectivity index (χ4n) is 1.09. The molecule has 0 bridgehead atoms. The minimum absolute atomic E-state index is 0.232. The van der Waals surface area contributed by atoms with E-state index >= 15 is 0 Å². The molecule has 1 rings (SSSR count). The summed E-state index contributed by atoms with van der Waals surface area (Å²) >= 11 is 0. The van der Waals surface area contributed by atoms with Crippen LogP contribution in [0.5, 0.6) is 5.75 Å². The van der Waals surface area contributed by atoms with E-state index in [1.165, 1.54) is 0 Å². The van der Waals surface area contributed by atoms with E-state index in [9.17, 15) is 13.6 Å². The van der Waals surface area contributed by atoms with Gasteiger partial charge in [-0.05, 0) is 0 Å². The topological polar surface area (TPSA) is 94.2 Å². The molecule has 0 saturated heterocycles. The molecule has 5 nitrogen and oxygen atoms in total. The molecular weight excluding hydrogens is 222 g/mol. The predicted octanol–water partition coefficient (Wildman–Crippen LogP) is 1.22. The van der Waals surface area contributed by atoms with Gasteiger partial charge in [0, 0.05) is 6.07 Å². The summed E-state index contributed by atoms with van der Waals surface area (Å²) in [6.45, 7) is 0. The Morgan fingerprint density at radius 3 is 2.69 bits per heavy atom. The number of aliphatic carboxylic acids is 1. The third-order valence-corrected chi connectivity index (χ3v) is 1.76. The van der Waals surface area contributed by atoms with Gasteiger partial charge < -0.3 is 10.2 Å². The Morgan fingerprint density at radius 1 is 1.62 bits per heavy atom. The molecule has 2 N–H and O–H groups in total. The number of pyridine rings is 1. The minimum Gasteiger partial charge on any atom is -0.506 e. The zero-order valence-corrected chi connectivity index (χ0v) is 7.81. The second-order valence-electron chi connectivity index (χ2n) is 2.87. The van der Waals surface area contributed by atoms with Gasteiger partial charge in [-0.3, -0.25) is 4.79 Å². The van der Waals surface area contributed by atoms with E-state index in [1.54, 1.807) is 6.07 Å². The average Bonchev–Trinajstić information content (AvgIpc) is 2.18. The summed E-state index contributed by atoms with van der Waals surface area (Å²) < 4.78 is 24.7. The highest BCUT2D eigenvalue weighted by Gasteiger charge is 2.19. The third kappa shape index (κ3) is 2.42. The van der Waals surface area contributed by atoms with Crippen molar-refractivity contribution in [3.8, 4) is 11.8 Å². The molecule has 1 aromatic heterocycles. The van der Waals surface area contributed by atoms with Gasteiger partial charge >= 0.3 is 5.97 Å². The van der Waals surface area contributed by atoms with E-state index in [1.807, 2.05) is 0 Å². The van der Waals surface area contributed by atoms with E-state index in [-0.39, 0.29) is 11.3 Å². The molecule has 0 unspecified atom stereocenters. The number of carboxylic acid groups (broad SMARTS) is 1. The lowest BCUT2D eigenvalue weighted by molar-refractivity contribution is -0.136. The van der Waals surface area contributed by atoms with Crippen LogP contribution in [0.25, 0.3) is 0 Å². The van der Waals surface area contributed by atoms with Crippen LogP contribution in [0.4, 0.5) is 8.78 Å². The SMILES string of the molecule is N#Cc1cc(O)c(C(F)F)nc1CC(=O)O. The van der Waals surface area contributed by atoms with Crippen molar-refractivity contribution in [3.63, 3.8) is 0 Å². The predicted molar refractivity (Wildman–Crippen MR) is 46.9 cm³/mol. The molecule has 0 aromatic carbocycles. The monoisotopic (exact) mass is 228 g/mol. The van der Waals surface area contributed by atoms with Gasteiger partial charge in [-0.1, -0.05) is 0 Å². The number of hydrogen-bond acceptors (Lipinski definition) is 4. The number of hydrogen-bond donors (Lipinski definition) is 2. The van der Waals surface area contributed by atoms with Crippen LogP contribution in [-0.2, 0) is 11.2 Å². The van der Waals surface area contributed by atoms with Gasteiger partial charge in [0.05, 0.1) is 17.7 Å². The molecule has 84 valence electrons. The van der Waals surface area contributed by atoms with Crippen molar-refractivity contribution in [2.75, 3.05) is 0 Å². The summed E-state index contributed by atoms with van der Waals surface area (Å²) in [6.07, 6.45) is -3.68. The first-order valence-corrected chi connectivity index (χ1v) is 4.08.